The Bertz CT molecular complexity index is 859. The number of thioether (sulfide) groups is 1. The van der Waals surface area contributed by atoms with Crippen LogP contribution in [0.15, 0.2) is 24.3 Å². The van der Waals surface area contributed by atoms with Crippen molar-refractivity contribution in [3.63, 3.8) is 0 Å². The summed E-state index contributed by atoms with van der Waals surface area (Å²) in [7, 11) is 1.85. The fourth-order valence-corrected chi connectivity index (χ4v) is 6.71. The minimum absolute atomic E-state index is 0.201. The van der Waals surface area contributed by atoms with E-state index in [9.17, 15) is 14.4 Å². The Morgan fingerprint density at radius 1 is 1.09 bits per heavy atom. The number of nitrogens with one attached hydrogen (secondary N) is 1. The number of hydrogen-bond donors (Lipinski definition) is 1. The minimum atomic E-state index is -0.360. The Labute approximate surface area is 207 Å². The molecule has 3 aliphatic rings. The third-order valence-corrected chi connectivity index (χ3v) is 8.87. The van der Waals surface area contributed by atoms with Gasteiger partial charge in [-0.15, -0.1) is 0 Å². The Kier molecular flexibility index (Phi) is 8.92. The first kappa shape index (κ1) is 25.1. The maximum atomic E-state index is 12.5. The third kappa shape index (κ3) is 7.00. The summed E-state index contributed by atoms with van der Waals surface area (Å²) in [6.07, 6.45) is 13.3. The summed E-state index contributed by atoms with van der Waals surface area (Å²) < 4.78 is 5.81. The topological polar surface area (TPSA) is 75.7 Å². The number of ether oxygens (including phenoxy) is 1. The largest absolute Gasteiger partial charge is 0.492 e. The van der Waals surface area contributed by atoms with Gasteiger partial charge in [0.15, 0.2) is 0 Å². The van der Waals surface area contributed by atoms with E-state index in [1.165, 1.54) is 51.4 Å². The highest BCUT2D eigenvalue weighted by Gasteiger charge is 2.32. The van der Waals surface area contributed by atoms with E-state index in [0.29, 0.717) is 26.0 Å². The maximum absolute atomic E-state index is 12.5. The molecule has 0 radical (unpaired) electrons. The Morgan fingerprint density at radius 3 is 2.59 bits per heavy atom. The predicted molar refractivity (Wildman–Crippen MR) is 135 cm³/mol. The number of hydrogen-bond acceptors (Lipinski definition) is 5. The van der Waals surface area contributed by atoms with Crippen molar-refractivity contribution in [2.24, 2.45) is 17.8 Å². The number of carbonyl (C=O) groups excluding carboxylic acids is 3. The van der Waals surface area contributed by atoms with Gasteiger partial charge >= 0.3 is 0 Å². The second-order valence-corrected chi connectivity index (χ2v) is 11.4. The van der Waals surface area contributed by atoms with Crippen LogP contribution >= 0.6 is 11.8 Å². The molecular weight excluding hydrogens is 448 g/mol. The molecule has 186 valence electrons. The van der Waals surface area contributed by atoms with Crippen molar-refractivity contribution in [3.05, 3.63) is 29.8 Å². The number of benzene rings is 1. The van der Waals surface area contributed by atoms with Crippen LogP contribution in [-0.2, 0) is 16.0 Å². The zero-order chi connectivity index (χ0) is 23.9. The average Bonchev–Trinajstić information content (AvgIpc) is 3.16. The summed E-state index contributed by atoms with van der Waals surface area (Å²) in [5.41, 5.74) is 0.985. The van der Waals surface area contributed by atoms with Gasteiger partial charge in [-0.2, -0.15) is 0 Å². The van der Waals surface area contributed by atoms with Gasteiger partial charge in [0.2, 0.25) is 11.8 Å². The predicted octanol–water partition coefficient (Wildman–Crippen LogP) is 5.19. The average molecular weight is 487 g/mol. The first-order valence-electron chi connectivity index (χ1n) is 12.9. The summed E-state index contributed by atoms with van der Waals surface area (Å²) in [4.78, 5) is 37.3. The lowest BCUT2D eigenvalue weighted by atomic mass is 9.67. The van der Waals surface area contributed by atoms with Crippen LogP contribution in [0.25, 0.3) is 0 Å². The molecule has 7 heteroatoms. The van der Waals surface area contributed by atoms with Crippen LogP contribution in [0.4, 0.5) is 4.79 Å². The van der Waals surface area contributed by atoms with E-state index in [0.717, 1.165) is 47.2 Å². The molecule has 2 saturated carbocycles. The lowest BCUT2D eigenvalue weighted by molar-refractivity contribution is -0.130. The van der Waals surface area contributed by atoms with Gasteiger partial charge in [0.05, 0.1) is 11.8 Å². The zero-order valence-corrected chi connectivity index (χ0v) is 21.1. The molecule has 6 nitrogen and oxygen atoms in total. The van der Waals surface area contributed by atoms with E-state index >= 15 is 0 Å². The van der Waals surface area contributed by atoms with Crippen LogP contribution in [0, 0.1) is 17.8 Å². The fourth-order valence-electron chi connectivity index (χ4n) is 5.85. The Balaban J connectivity index is 1.09. The van der Waals surface area contributed by atoms with Crippen LogP contribution < -0.4 is 10.1 Å². The molecule has 1 N–H and O–H groups in total. The van der Waals surface area contributed by atoms with Gasteiger partial charge in [0.25, 0.3) is 5.24 Å². The molecule has 4 rings (SSSR count). The molecular formula is C27H38N2O4S. The van der Waals surface area contributed by atoms with Crippen LogP contribution in [0.1, 0.15) is 69.8 Å². The molecule has 1 aliphatic heterocycles. The van der Waals surface area contributed by atoms with Crippen molar-refractivity contribution >= 4 is 28.8 Å². The van der Waals surface area contributed by atoms with Crippen molar-refractivity contribution in [1.82, 2.24) is 10.2 Å². The summed E-state index contributed by atoms with van der Waals surface area (Å²) in [5.74, 6) is 3.50. The minimum Gasteiger partial charge on any atom is -0.492 e. The molecule has 0 spiro atoms. The SMILES string of the molecule is CN(CCOc1ccc(CC2SC(=O)NC2=O)cc1)C(=O)CCCC1CC[C@@H]2CCCCC2C1. The lowest BCUT2D eigenvalue weighted by Gasteiger charge is -2.39. The molecule has 2 aliphatic carbocycles. The molecule has 1 heterocycles. The second-order valence-electron chi connectivity index (χ2n) is 10.3. The summed E-state index contributed by atoms with van der Waals surface area (Å²) in [6.45, 7) is 1.01. The first-order chi connectivity index (χ1) is 16.5. The van der Waals surface area contributed by atoms with E-state index in [2.05, 4.69) is 5.32 Å². The molecule has 0 bridgehead atoms. The van der Waals surface area contributed by atoms with E-state index in [1.54, 1.807) is 4.90 Å². The summed E-state index contributed by atoms with van der Waals surface area (Å²) in [6, 6.07) is 7.58. The number of rotatable bonds is 10. The molecule has 3 fully saturated rings. The van der Waals surface area contributed by atoms with Gasteiger partial charge in [-0.05, 0) is 67.6 Å². The smallest absolute Gasteiger partial charge is 0.286 e. The van der Waals surface area contributed by atoms with E-state index < -0.39 is 0 Å². The highest BCUT2D eigenvalue weighted by molar-refractivity contribution is 8.15. The van der Waals surface area contributed by atoms with Gasteiger partial charge in [-0.1, -0.05) is 56.0 Å². The molecule has 1 saturated heterocycles. The molecule has 4 atom stereocenters. The molecule has 34 heavy (non-hydrogen) atoms. The Morgan fingerprint density at radius 2 is 1.85 bits per heavy atom. The Hall–Kier alpha value is -2.02. The highest BCUT2D eigenvalue weighted by Crippen LogP contribution is 2.43. The van der Waals surface area contributed by atoms with E-state index in [4.69, 9.17) is 4.74 Å². The molecule has 3 amide bonds. The monoisotopic (exact) mass is 486 g/mol. The molecule has 1 aromatic carbocycles. The van der Waals surface area contributed by atoms with Gasteiger partial charge in [-0.25, -0.2) is 0 Å². The van der Waals surface area contributed by atoms with Crippen LogP contribution in [-0.4, -0.2) is 47.4 Å². The van der Waals surface area contributed by atoms with Crippen molar-refractivity contribution < 1.29 is 19.1 Å². The molecule has 1 aromatic rings. The van der Waals surface area contributed by atoms with Gasteiger partial charge in [-0.3, -0.25) is 19.7 Å². The van der Waals surface area contributed by atoms with Gasteiger partial charge in [0.1, 0.15) is 12.4 Å². The number of likely N-dealkylation sites (N-methyl/N-ethyl adjacent to an activating group) is 1. The van der Waals surface area contributed by atoms with E-state index in [-0.39, 0.29) is 22.3 Å². The standard InChI is InChI=1S/C27H38N2O4S/c1-29(25(30)8-4-5-19-9-12-21-6-2-3-7-22(21)17-19)15-16-33-23-13-10-20(11-14-23)18-24-26(31)28-27(32)34-24/h10-11,13-14,19,21-22,24H,2-9,12,15-18H2,1H3,(H,28,31,32)/t19?,21-,22?,24?/m0/s1. The van der Waals surface area contributed by atoms with Crippen molar-refractivity contribution in [2.75, 3.05) is 20.2 Å². The van der Waals surface area contributed by atoms with Gasteiger partial charge < -0.3 is 9.64 Å². The van der Waals surface area contributed by atoms with Crippen LogP contribution in [0.3, 0.4) is 0 Å². The lowest BCUT2D eigenvalue weighted by Crippen LogP contribution is -2.31. The van der Waals surface area contributed by atoms with Crippen molar-refractivity contribution in [3.8, 4) is 5.75 Å². The van der Waals surface area contributed by atoms with Crippen LogP contribution in [0.2, 0.25) is 0 Å². The van der Waals surface area contributed by atoms with E-state index in [1.807, 2.05) is 31.3 Å². The number of carbonyl (C=O) groups is 3. The van der Waals surface area contributed by atoms with Gasteiger partial charge in [0, 0.05) is 13.5 Å². The summed E-state index contributed by atoms with van der Waals surface area (Å²) in [5, 5.41) is 1.68. The number of imide groups is 1. The molecule has 0 aromatic heterocycles. The fraction of sp³-hybridized carbons (Fsp3) is 0.667. The first-order valence-corrected chi connectivity index (χ1v) is 13.8. The normalized spacial score (nSPS) is 26.6. The van der Waals surface area contributed by atoms with Crippen LogP contribution in [0.5, 0.6) is 5.75 Å². The maximum Gasteiger partial charge on any atom is 0.286 e. The number of fused-ring (bicyclic) bond motifs is 1. The van der Waals surface area contributed by atoms with Crippen molar-refractivity contribution in [1.29, 1.82) is 0 Å². The number of amides is 3. The summed E-state index contributed by atoms with van der Waals surface area (Å²) >= 11 is 1.04. The second kappa shape index (κ2) is 12.1. The zero-order valence-electron chi connectivity index (χ0n) is 20.3. The molecule has 3 unspecified atom stereocenters. The van der Waals surface area contributed by atoms with Crippen molar-refractivity contribution in [2.45, 2.75) is 75.9 Å². The quantitative estimate of drug-likeness (QED) is 0.492. The number of nitrogens with zero attached hydrogens (tertiary/aromatic N) is 1. The third-order valence-electron chi connectivity index (χ3n) is 7.88. The highest BCUT2D eigenvalue weighted by atomic mass is 32.2.